The SMILES string of the molecule is CCCc1nc(-c2cccc3ccncc23)c(C)c(=O)[nH]1. The quantitative estimate of drug-likeness (QED) is 0.800. The number of rotatable bonds is 3. The number of nitrogens with zero attached hydrogens (tertiary/aromatic N) is 2. The van der Waals surface area contributed by atoms with Crippen molar-refractivity contribution in [2.75, 3.05) is 0 Å². The van der Waals surface area contributed by atoms with Gasteiger partial charge in [-0.15, -0.1) is 0 Å². The highest BCUT2D eigenvalue weighted by molar-refractivity contribution is 5.95. The van der Waals surface area contributed by atoms with Crippen LogP contribution in [-0.2, 0) is 6.42 Å². The monoisotopic (exact) mass is 279 g/mol. The average molecular weight is 279 g/mol. The summed E-state index contributed by atoms with van der Waals surface area (Å²) in [5.74, 6) is 0.740. The van der Waals surface area contributed by atoms with Crippen molar-refractivity contribution >= 4 is 10.8 Å². The molecule has 0 saturated carbocycles. The van der Waals surface area contributed by atoms with E-state index < -0.39 is 0 Å². The van der Waals surface area contributed by atoms with Crippen LogP contribution in [0.25, 0.3) is 22.0 Å². The second-order valence-corrected chi connectivity index (χ2v) is 5.14. The van der Waals surface area contributed by atoms with E-state index in [1.165, 1.54) is 0 Å². The minimum atomic E-state index is -0.0654. The number of nitrogens with one attached hydrogen (secondary N) is 1. The van der Waals surface area contributed by atoms with Gasteiger partial charge in [-0.3, -0.25) is 9.78 Å². The Bertz CT molecular complexity index is 847. The molecule has 0 bridgehead atoms. The molecule has 0 atom stereocenters. The summed E-state index contributed by atoms with van der Waals surface area (Å²) in [6, 6.07) is 7.98. The molecule has 1 aromatic carbocycles. The fraction of sp³-hybridized carbons (Fsp3) is 0.235. The van der Waals surface area contributed by atoms with Gasteiger partial charge in [-0.05, 0) is 24.8 Å². The first-order chi connectivity index (χ1) is 10.2. The molecule has 0 aliphatic carbocycles. The molecule has 0 fully saturated rings. The molecule has 2 heterocycles. The number of hydrogen-bond acceptors (Lipinski definition) is 3. The van der Waals surface area contributed by atoms with E-state index in [4.69, 9.17) is 0 Å². The summed E-state index contributed by atoms with van der Waals surface area (Å²) in [5, 5.41) is 2.12. The van der Waals surface area contributed by atoms with E-state index in [0.717, 1.165) is 40.7 Å². The molecule has 0 aliphatic heterocycles. The highest BCUT2D eigenvalue weighted by Crippen LogP contribution is 2.27. The molecule has 0 amide bonds. The number of fused-ring (bicyclic) bond motifs is 1. The average Bonchev–Trinajstić information content (AvgIpc) is 2.50. The Kier molecular flexibility index (Phi) is 3.52. The summed E-state index contributed by atoms with van der Waals surface area (Å²) in [5.41, 5.74) is 2.29. The van der Waals surface area contributed by atoms with E-state index in [2.05, 4.69) is 21.9 Å². The predicted molar refractivity (Wildman–Crippen MR) is 84.3 cm³/mol. The summed E-state index contributed by atoms with van der Waals surface area (Å²) < 4.78 is 0. The Morgan fingerprint density at radius 1 is 1.24 bits per heavy atom. The first-order valence-corrected chi connectivity index (χ1v) is 7.13. The van der Waals surface area contributed by atoms with Gasteiger partial charge in [0.25, 0.3) is 5.56 Å². The maximum atomic E-state index is 12.1. The Balaban J connectivity index is 2.30. The van der Waals surface area contributed by atoms with E-state index in [9.17, 15) is 4.79 Å². The number of H-pyrrole nitrogens is 1. The summed E-state index contributed by atoms with van der Waals surface area (Å²) in [6.45, 7) is 3.88. The minimum Gasteiger partial charge on any atom is -0.310 e. The largest absolute Gasteiger partial charge is 0.310 e. The van der Waals surface area contributed by atoms with Crippen LogP contribution in [0, 0.1) is 6.92 Å². The van der Waals surface area contributed by atoms with Gasteiger partial charge in [0, 0.05) is 35.3 Å². The topological polar surface area (TPSA) is 58.6 Å². The van der Waals surface area contributed by atoms with Gasteiger partial charge in [-0.2, -0.15) is 0 Å². The van der Waals surface area contributed by atoms with Crippen molar-refractivity contribution in [3.8, 4) is 11.3 Å². The number of pyridine rings is 1. The van der Waals surface area contributed by atoms with Crippen molar-refractivity contribution in [1.29, 1.82) is 0 Å². The van der Waals surface area contributed by atoms with E-state index in [0.29, 0.717) is 5.56 Å². The molecule has 106 valence electrons. The number of benzene rings is 1. The molecular weight excluding hydrogens is 262 g/mol. The maximum absolute atomic E-state index is 12.1. The van der Waals surface area contributed by atoms with Crippen LogP contribution in [0.2, 0.25) is 0 Å². The fourth-order valence-corrected chi connectivity index (χ4v) is 2.52. The standard InChI is InChI=1S/C17H17N3O/c1-3-5-15-19-16(11(2)17(21)20-15)13-7-4-6-12-8-9-18-10-14(12)13/h4,6-10H,3,5H2,1-2H3,(H,19,20,21). The zero-order valence-electron chi connectivity index (χ0n) is 12.2. The van der Waals surface area contributed by atoms with Crippen molar-refractivity contribution in [3.63, 3.8) is 0 Å². The molecule has 0 saturated heterocycles. The van der Waals surface area contributed by atoms with Crippen molar-refractivity contribution < 1.29 is 0 Å². The smallest absolute Gasteiger partial charge is 0.254 e. The fourth-order valence-electron chi connectivity index (χ4n) is 2.52. The second-order valence-electron chi connectivity index (χ2n) is 5.14. The Morgan fingerprint density at radius 3 is 2.90 bits per heavy atom. The molecule has 3 aromatic rings. The van der Waals surface area contributed by atoms with Gasteiger partial charge in [-0.1, -0.05) is 25.1 Å². The van der Waals surface area contributed by atoms with Crippen LogP contribution in [0.3, 0.4) is 0 Å². The molecule has 0 spiro atoms. The number of aromatic nitrogens is 3. The second kappa shape index (κ2) is 5.48. The zero-order chi connectivity index (χ0) is 14.8. The van der Waals surface area contributed by atoms with Gasteiger partial charge in [-0.25, -0.2) is 4.98 Å². The van der Waals surface area contributed by atoms with E-state index >= 15 is 0 Å². The predicted octanol–water partition coefficient (Wildman–Crippen LogP) is 3.25. The normalized spacial score (nSPS) is 11.0. The van der Waals surface area contributed by atoms with Crippen LogP contribution < -0.4 is 5.56 Å². The van der Waals surface area contributed by atoms with Gasteiger partial charge in [0.1, 0.15) is 5.82 Å². The van der Waals surface area contributed by atoms with Gasteiger partial charge in [0.15, 0.2) is 0 Å². The third-order valence-corrected chi connectivity index (χ3v) is 3.63. The first kappa shape index (κ1) is 13.5. The summed E-state index contributed by atoms with van der Waals surface area (Å²) >= 11 is 0. The molecule has 0 radical (unpaired) electrons. The molecule has 2 aromatic heterocycles. The Morgan fingerprint density at radius 2 is 2.10 bits per heavy atom. The minimum absolute atomic E-state index is 0.0654. The highest BCUT2D eigenvalue weighted by Gasteiger charge is 2.12. The van der Waals surface area contributed by atoms with Gasteiger partial charge >= 0.3 is 0 Å². The third kappa shape index (κ3) is 2.44. The lowest BCUT2D eigenvalue weighted by molar-refractivity contribution is 0.823. The molecule has 0 aliphatic rings. The van der Waals surface area contributed by atoms with Gasteiger partial charge < -0.3 is 4.98 Å². The molecule has 0 unspecified atom stereocenters. The van der Waals surface area contributed by atoms with Crippen LogP contribution in [0.15, 0.2) is 41.5 Å². The van der Waals surface area contributed by atoms with Crippen LogP contribution >= 0.6 is 0 Å². The number of aromatic amines is 1. The number of hydrogen-bond donors (Lipinski definition) is 1. The van der Waals surface area contributed by atoms with Crippen LogP contribution in [0.4, 0.5) is 0 Å². The molecule has 3 rings (SSSR count). The van der Waals surface area contributed by atoms with Crippen molar-refractivity contribution in [2.45, 2.75) is 26.7 Å². The van der Waals surface area contributed by atoms with Crippen LogP contribution in [0.1, 0.15) is 24.7 Å². The summed E-state index contributed by atoms with van der Waals surface area (Å²) in [7, 11) is 0. The van der Waals surface area contributed by atoms with E-state index in [1.807, 2.05) is 37.4 Å². The van der Waals surface area contributed by atoms with E-state index in [-0.39, 0.29) is 5.56 Å². The molecular formula is C17H17N3O. The van der Waals surface area contributed by atoms with Crippen LogP contribution in [0.5, 0.6) is 0 Å². The Labute approximate surface area is 122 Å². The zero-order valence-corrected chi connectivity index (χ0v) is 12.2. The molecule has 21 heavy (non-hydrogen) atoms. The highest BCUT2D eigenvalue weighted by atomic mass is 16.1. The van der Waals surface area contributed by atoms with Gasteiger partial charge in [0.2, 0.25) is 0 Å². The Hall–Kier alpha value is -2.49. The van der Waals surface area contributed by atoms with Crippen molar-refractivity contribution in [2.24, 2.45) is 0 Å². The molecule has 4 nitrogen and oxygen atoms in total. The molecule has 4 heteroatoms. The first-order valence-electron chi connectivity index (χ1n) is 7.13. The lowest BCUT2D eigenvalue weighted by Gasteiger charge is -2.10. The van der Waals surface area contributed by atoms with E-state index in [1.54, 1.807) is 6.20 Å². The van der Waals surface area contributed by atoms with Crippen molar-refractivity contribution in [3.05, 3.63) is 58.4 Å². The lowest BCUT2D eigenvalue weighted by atomic mass is 10.0. The summed E-state index contributed by atoms with van der Waals surface area (Å²) in [4.78, 5) is 23.8. The summed E-state index contributed by atoms with van der Waals surface area (Å²) in [6.07, 6.45) is 5.31. The lowest BCUT2D eigenvalue weighted by Crippen LogP contribution is -2.16. The molecule has 1 N–H and O–H groups in total. The number of aryl methyl sites for hydroxylation is 1. The van der Waals surface area contributed by atoms with Crippen molar-refractivity contribution in [1.82, 2.24) is 15.0 Å². The van der Waals surface area contributed by atoms with Crippen LogP contribution in [-0.4, -0.2) is 15.0 Å². The third-order valence-electron chi connectivity index (χ3n) is 3.63. The maximum Gasteiger partial charge on any atom is 0.254 e. The van der Waals surface area contributed by atoms with Gasteiger partial charge in [0.05, 0.1) is 5.69 Å².